The van der Waals surface area contributed by atoms with Crippen molar-refractivity contribution in [1.82, 2.24) is 4.90 Å². The number of carbonyl (C=O) groups is 2. The van der Waals surface area contributed by atoms with Gasteiger partial charge in [-0.05, 0) is 19.3 Å². The van der Waals surface area contributed by atoms with Crippen molar-refractivity contribution in [3.63, 3.8) is 0 Å². The van der Waals surface area contributed by atoms with Crippen molar-refractivity contribution < 1.29 is 14.7 Å². The first kappa shape index (κ1) is 12.0. The second-order valence-electron chi connectivity index (χ2n) is 3.87. The van der Waals surface area contributed by atoms with Crippen LogP contribution in [-0.2, 0) is 9.59 Å². The molecular weight excluding hydrogens is 196 g/mol. The van der Waals surface area contributed by atoms with E-state index in [0.29, 0.717) is 19.4 Å². The highest BCUT2D eigenvalue weighted by molar-refractivity contribution is 5.85. The molecule has 0 aliphatic carbocycles. The monoisotopic (exact) mass is 214 g/mol. The number of carbonyl (C=O) groups excluding carboxylic acids is 1. The lowest BCUT2D eigenvalue weighted by Gasteiger charge is -2.25. The summed E-state index contributed by atoms with van der Waals surface area (Å²) in [5, 5.41) is 8.93. The van der Waals surface area contributed by atoms with Gasteiger partial charge in [-0.25, -0.2) is 4.79 Å². The number of likely N-dealkylation sites (tertiary alicyclic amines) is 1. The summed E-state index contributed by atoms with van der Waals surface area (Å²) in [6, 6.07) is -0.641. The van der Waals surface area contributed by atoms with Crippen LogP contribution < -0.4 is 5.73 Å². The molecule has 1 saturated heterocycles. The van der Waals surface area contributed by atoms with Crippen LogP contribution in [-0.4, -0.2) is 41.0 Å². The van der Waals surface area contributed by atoms with E-state index in [9.17, 15) is 9.59 Å². The molecule has 1 heterocycles. The molecule has 15 heavy (non-hydrogen) atoms. The predicted octanol–water partition coefficient (Wildman–Crippen LogP) is 0.0469. The second-order valence-corrected chi connectivity index (χ2v) is 3.87. The average molecular weight is 214 g/mol. The van der Waals surface area contributed by atoms with Gasteiger partial charge in [-0.15, -0.1) is 0 Å². The predicted molar refractivity (Wildman–Crippen MR) is 55.2 cm³/mol. The van der Waals surface area contributed by atoms with Crippen LogP contribution in [0.3, 0.4) is 0 Å². The summed E-state index contributed by atoms with van der Waals surface area (Å²) in [5.74, 6) is -1.25. The Hall–Kier alpha value is -1.10. The number of hydrogen-bond acceptors (Lipinski definition) is 3. The lowest BCUT2D eigenvalue weighted by Crippen LogP contribution is -2.45. The zero-order valence-corrected chi connectivity index (χ0v) is 8.98. The van der Waals surface area contributed by atoms with Crippen molar-refractivity contribution in [1.29, 1.82) is 0 Å². The minimum absolute atomic E-state index is 0.107. The molecule has 0 aromatic heterocycles. The van der Waals surface area contributed by atoms with E-state index >= 15 is 0 Å². The lowest BCUT2D eigenvalue weighted by atomic mass is 10.0. The fourth-order valence-corrected chi connectivity index (χ4v) is 1.96. The van der Waals surface area contributed by atoms with E-state index in [1.165, 1.54) is 4.90 Å². The van der Waals surface area contributed by atoms with Gasteiger partial charge in [-0.2, -0.15) is 0 Å². The molecule has 1 fully saturated rings. The molecular formula is C10H18N2O3. The molecule has 1 rings (SSSR count). The normalized spacial score (nSPS) is 22.8. The highest BCUT2D eigenvalue weighted by Gasteiger charge is 2.35. The summed E-state index contributed by atoms with van der Waals surface area (Å²) in [7, 11) is 0. The third-order valence-corrected chi connectivity index (χ3v) is 2.95. The quantitative estimate of drug-likeness (QED) is 0.692. The number of hydrogen-bond donors (Lipinski definition) is 2. The number of nitrogens with two attached hydrogens (primary N) is 1. The van der Waals surface area contributed by atoms with Crippen molar-refractivity contribution >= 4 is 11.9 Å². The van der Waals surface area contributed by atoms with Crippen molar-refractivity contribution in [3.05, 3.63) is 0 Å². The van der Waals surface area contributed by atoms with Crippen LogP contribution in [0.15, 0.2) is 0 Å². The summed E-state index contributed by atoms with van der Waals surface area (Å²) in [6.45, 7) is 2.73. The smallest absolute Gasteiger partial charge is 0.326 e. The first-order valence-electron chi connectivity index (χ1n) is 5.35. The van der Waals surface area contributed by atoms with Crippen LogP contribution in [0, 0.1) is 5.92 Å². The second kappa shape index (κ2) is 5.11. The molecule has 5 heteroatoms. The van der Waals surface area contributed by atoms with Gasteiger partial charge < -0.3 is 15.7 Å². The van der Waals surface area contributed by atoms with E-state index in [1.54, 1.807) is 0 Å². The Labute approximate surface area is 89.2 Å². The first-order valence-corrected chi connectivity index (χ1v) is 5.35. The molecule has 1 unspecified atom stereocenters. The number of carboxylic acids is 1. The topological polar surface area (TPSA) is 83.6 Å². The van der Waals surface area contributed by atoms with Gasteiger partial charge in [0.05, 0.1) is 5.92 Å². The minimum atomic E-state index is -0.910. The third kappa shape index (κ3) is 2.47. The molecule has 0 radical (unpaired) electrons. The summed E-state index contributed by atoms with van der Waals surface area (Å²) in [4.78, 5) is 24.3. The standard InChI is InChI=1S/C10H18N2O3/c1-2-7(6-11)9(13)12-5-3-4-8(12)10(14)15/h7-8H,2-6,11H2,1H3,(H,14,15)/t7?,8-/m0/s1. The summed E-state index contributed by atoms with van der Waals surface area (Å²) in [5.41, 5.74) is 5.48. The SMILES string of the molecule is CCC(CN)C(=O)N1CCC[C@H]1C(=O)O. The number of nitrogens with zero attached hydrogens (tertiary/aromatic N) is 1. The number of amides is 1. The Bertz CT molecular complexity index is 251. The van der Waals surface area contributed by atoms with Gasteiger partial charge >= 0.3 is 5.97 Å². The molecule has 0 spiro atoms. The molecule has 5 nitrogen and oxygen atoms in total. The fraction of sp³-hybridized carbons (Fsp3) is 0.800. The molecule has 0 aromatic carbocycles. The highest BCUT2D eigenvalue weighted by Crippen LogP contribution is 2.20. The largest absolute Gasteiger partial charge is 0.480 e. The lowest BCUT2D eigenvalue weighted by molar-refractivity contribution is -0.149. The Kier molecular flexibility index (Phi) is 4.08. The van der Waals surface area contributed by atoms with Gasteiger partial charge in [-0.1, -0.05) is 6.92 Å². The zero-order valence-electron chi connectivity index (χ0n) is 8.98. The molecule has 86 valence electrons. The van der Waals surface area contributed by atoms with E-state index < -0.39 is 12.0 Å². The molecule has 0 aromatic rings. The van der Waals surface area contributed by atoms with E-state index in [1.807, 2.05) is 6.92 Å². The Morgan fingerprint density at radius 1 is 1.60 bits per heavy atom. The number of rotatable bonds is 4. The molecule has 1 amide bonds. The third-order valence-electron chi connectivity index (χ3n) is 2.95. The molecule has 0 bridgehead atoms. The Balaban J connectivity index is 2.69. The van der Waals surface area contributed by atoms with Gasteiger partial charge in [-0.3, -0.25) is 4.79 Å². The Morgan fingerprint density at radius 2 is 2.27 bits per heavy atom. The van der Waals surface area contributed by atoms with Crippen LogP contribution in [0.2, 0.25) is 0 Å². The first-order chi connectivity index (χ1) is 7.11. The zero-order chi connectivity index (χ0) is 11.4. The van der Waals surface area contributed by atoms with E-state index in [0.717, 1.165) is 6.42 Å². The van der Waals surface area contributed by atoms with Crippen molar-refractivity contribution in [2.24, 2.45) is 11.7 Å². The molecule has 1 aliphatic heterocycles. The van der Waals surface area contributed by atoms with Gasteiger partial charge in [0.25, 0.3) is 0 Å². The van der Waals surface area contributed by atoms with Crippen LogP contribution in [0.1, 0.15) is 26.2 Å². The van der Waals surface area contributed by atoms with E-state index in [2.05, 4.69) is 0 Å². The van der Waals surface area contributed by atoms with Crippen molar-refractivity contribution in [3.8, 4) is 0 Å². The van der Waals surface area contributed by atoms with Crippen molar-refractivity contribution in [2.75, 3.05) is 13.1 Å². The summed E-state index contributed by atoms with van der Waals surface area (Å²) in [6.07, 6.45) is 1.99. The van der Waals surface area contributed by atoms with Crippen LogP contribution in [0.25, 0.3) is 0 Å². The number of carboxylic acid groups (broad SMARTS) is 1. The van der Waals surface area contributed by atoms with Gasteiger partial charge in [0, 0.05) is 13.1 Å². The van der Waals surface area contributed by atoms with Gasteiger partial charge in [0.2, 0.25) is 5.91 Å². The molecule has 1 aliphatic rings. The highest BCUT2D eigenvalue weighted by atomic mass is 16.4. The van der Waals surface area contributed by atoms with Gasteiger partial charge in [0.15, 0.2) is 0 Å². The Morgan fingerprint density at radius 3 is 2.73 bits per heavy atom. The van der Waals surface area contributed by atoms with Crippen molar-refractivity contribution in [2.45, 2.75) is 32.2 Å². The number of aliphatic carboxylic acids is 1. The van der Waals surface area contributed by atoms with E-state index in [-0.39, 0.29) is 18.4 Å². The van der Waals surface area contributed by atoms with E-state index in [4.69, 9.17) is 10.8 Å². The fourth-order valence-electron chi connectivity index (χ4n) is 1.96. The van der Waals surface area contributed by atoms with Crippen LogP contribution in [0.5, 0.6) is 0 Å². The summed E-state index contributed by atoms with van der Waals surface area (Å²) >= 11 is 0. The molecule has 3 N–H and O–H groups in total. The molecule has 2 atom stereocenters. The van der Waals surface area contributed by atoms with Crippen LogP contribution in [0.4, 0.5) is 0 Å². The maximum absolute atomic E-state index is 11.9. The average Bonchev–Trinajstić information content (AvgIpc) is 2.67. The van der Waals surface area contributed by atoms with Gasteiger partial charge in [0.1, 0.15) is 6.04 Å². The van der Waals surface area contributed by atoms with Crippen LogP contribution >= 0.6 is 0 Å². The molecule has 0 saturated carbocycles. The maximum atomic E-state index is 11.9. The minimum Gasteiger partial charge on any atom is -0.480 e. The maximum Gasteiger partial charge on any atom is 0.326 e. The summed E-state index contributed by atoms with van der Waals surface area (Å²) < 4.78 is 0.